The Morgan fingerprint density at radius 3 is 2.50 bits per heavy atom. The molecule has 140 valence electrons. The van der Waals surface area contributed by atoms with E-state index in [2.05, 4.69) is 5.32 Å². The number of esters is 1. The molecule has 1 amide bonds. The molecule has 0 radical (unpaired) electrons. The van der Waals surface area contributed by atoms with Crippen molar-refractivity contribution in [2.75, 3.05) is 0 Å². The van der Waals surface area contributed by atoms with Crippen molar-refractivity contribution in [3.63, 3.8) is 0 Å². The van der Waals surface area contributed by atoms with Crippen molar-refractivity contribution in [1.29, 1.82) is 0 Å². The zero-order valence-corrected chi connectivity index (χ0v) is 15.6. The smallest absolute Gasteiger partial charge is 0.308 e. The number of carbonyl (C=O) groups is 2. The number of aromatic nitrogens is 1. The SMILES string of the molecule is Cc1csc(=O)n1CCC(=O)OC(C)C(=O)NC(C)c1ccc(F)cc1. The zero-order valence-electron chi connectivity index (χ0n) is 14.8. The standard InChI is InChI=1S/C18H21FN2O4S/c1-11-10-26-18(24)21(11)9-8-16(22)25-13(3)17(23)20-12(2)14-4-6-15(19)7-5-14/h4-7,10,12-13H,8-9H2,1-3H3,(H,20,23). The molecule has 2 aromatic rings. The molecule has 2 atom stereocenters. The van der Waals surface area contributed by atoms with Crippen molar-refractivity contribution in [3.05, 3.63) is 56.4 Å². The molecule has 6 nitrogen and oxygen atoms in total. The van der Waals surface area contributed by atoms with Crippen LogP contribution in [0.4, 0.5) is 4.39 Å². The van der Waals surface area contributed by atoms with Crippen molar-refractivity contribution in [2.45, 2.75) is 45.9 Å². The summed E-state index contributed by atoms with van der Waals surface area (Å²) in [6, 6.07) is 5.44. The fourth-order valence-corrected chi connectivity index (χ4v) is 3.11. The van der Waals surface area contributed by atoms with Crippen LogP contribution in [-0.4, -0.2) is 22.5 Å². The van der Waals surface area contributed by atoms with Crippen LogP contribution >= 0.6 is 11.3 Å². The van der Waals surface area contributed by atoms with Crippen molar-refractivity contribution >= 4 is 23.2 Å². The van der Waals surface area contributed by atoms with E-state index in [1.165, 1.54) is 23.6 Å². The minimum absolute atomic E-state index is 0.00259. The molecule has 1 aromatic carbocycles. The Hall–Kier alpha value is -2.48. The molecule has 0 spiro atoms. The van der Waals surface area contributed by atoms with Gasteiger partial charge in [-0.3, -0.25) is 14.4 Å². The molecule has 8 heteroatoms. The van der Waals surface area contributed by atoms with Crippen LogP contribution in [0.3, 0.4) is 0 Å². The van der Waals surface area contributed by atoms with Gasteiger partial charge in [0.15, 0.2) is 6.10 Å². The molecule has 1 aromatic heterocycles. The number of halogens is 1. The second-order valence-electron chi connectivity index (χ2n) is 5.96. The van der Waals surface area contributed by atoms with Gasteiger partial charge < -0.3 is 14.6 Å². The van der Waals surface area contributed by atoms with Gasteiger partial charge in [-0.1, -0.05) is 23.5 Å². The van der Waals surface area contributed by atoms with E-state index in [1.54, 1.807) is 31.4 Å². The van der Waals surface area contributed by atoms with E-state index in [0.717, 1.165) is 22.6 Å². The van der Waals surface area contributed by atoms with E-state index in [9.17, 15) is 18.8 Å². The Bertz CT molecular complexity index is 828. The normalized spacial score (nSPS) is 13.1. The van der Waals surface area contributed by atoms with Crippen LogP contribution in [0.2, 0.25) is 0 Å². The van der Waals surface area contributed by atoms with Gasteiger partial charge in [-0.15, -0.1) is 0 Å². The number of nitrogens with one attached hydrogen (secondary N) is 1. The Labute approximate surface area is 154 Å². The molecule has 2 unspecified atom stereocenters. The number of nitrogens with zero attached hydrogens (tertiary/aromatic N) is 1. The third-order valence-corrected chi connectivity index (χ3v) is 4.80. The number of carbonyl (C=O) groups excluding carboxylic acids is 2. The summed E-state index contributed by atoms with van der Waals surface area (Å²) in [5.74, 6) is -1.35. The van der Waals surface area contributed by atoms with Crippen molar-refractivity contribution in [2.24, 2.45) is 0 Å². The Morgan fingerprint density at radius 2 is 1.92 bits per heavy atom. The molecule has 1 heterocycles. The number of hydrogen-bond donors (Lipinski definition) is 1. The minimum atomic E-state index is -0.967. The number of benzene rings is 1. The Morgan fingerprint density at radius 1 is 1.27 bits per heavy atom. The fraction of sp³-hybridized carbons (Fsp3) is 0.389. The highest BCUT2D eigenvalue weighted by atomic mass is 32.1. The van der Waals surface area contributed by atoms with E-state index < -0.39 is 18.0 Å². The molecule has 0 aliphatic rings. The van der Waals surface area contributed by atoms with Crippen LogP contribution in [0.15, 0.2) is 34.4 Å². The van der Waals surface area contributed by atoms with Gasteiger partial charge in [0, 0.05) is 17.6 Å². The third kappa shape index (κ3) is 5.26. The lowest BCUT2D eigenvalue weighted by atomic mass is 10.1. The Kier molecular flexibility index (Phi) is 6.68. The van der Waals surface area contributed by atoms with E-state index in [4.69, 9.17) is 4.74 Å². The molecule has 26 heavy (non-hydrogen) atoms. The van der Waals surface area contributed by atoms with Crippen LogP contribution in [0.25, 0.3) is 0 Å². The molecule has 0 aliphatic heterocycles. The quantitative estimate of drug-likeness (QED) is 0.749. The third-order valence-electron chi connectivity index (χ3n) is 3.92. The summed E-state index contributed by atoms with van der Waals surface area (Å²) in [6.45, 7) is 5.24. The maximum absolute atomic E-state index is 12.9. The van der Waals surface area contributed by atoms with Crippen LogP contribution < -0.4 is 10.2 Å². The van der Waals surface area contributed by atoms with Gasteiger partial charge in [-0.25, -0.2) is 4.39 Å². The summed E-state index contributed by atoms with van der Waals surface area (Å²) in [5.41, 5.74) is 1.53. The summed E-state index contributed by atoms with van der Waals surface area (Å²) in [6.07, 6.45) is -0.964. The monoisotopic (exact) mass is 380 g/mol. The predicted octanol–water partition coefficient (Wildman–Crippen LogP) is 2.56. The van der Waals surface area contributed by atoms with Crippen LogP contribution in [0.5, 0.6) is 0 Å². The van der Waals surface area contributed by atoms with E-state index in [-0.39, 0.29) is 29.7 Å². The largest absolute Gasteiger partial charge is 0.452 e. The fourth-order valence-electron chi connectivity index (χ4n) is 2.35. The van der Waals surface area contributed by atoms with E-state index in [1.807, 2.05) is 0 Å². The van der Waals surface area contributed by atoms with Crippen molar-refractivity contribution in [1.82, 2.24) is 9.88 Å². The molecule has 0 saturated carbocycles. The second-order valence-corrected chi connectivity index (χ2v) is 6.78. The summed E-state index contributed by atoms with van der Waals surface area (Å²) in [5, 5.41) is 4.44. The molecule has 0 bridgehead atoms. The number of aryl methyl sites for hydroxylation is 1. The molecule has 2 rings (SSSR count). The lowest BCUT2D eigenvalue weighted by molar-refractivity contribution is -0.155. The van der Waals surface area contributed by atoms with Crippen LogP contribution in [0, 0.1) is 12.7 Å². The van der Waals surface area contributed by atoms with E-state index >= 15 is 0 Å². The highest BCUT2D eigenvalue weighted by molar-refractivity contribution is 7.07. The lowest BCUT2D eigenvalue weighted by Crippen LogP contribution is -2.37. The van der Waals surface area contributed by atoms with Gasteiger partial charge in [-0.2, -0.15) is 0 Å². The second kappa shape index (κ2) is 8.75. The van der Waals surface area contributed by atoms with Gasteiger partial charge in [0.05, 0.1) is 12.5 Å². The summed E-state index contributed by atoms with van der Waals surface area (Å²) < 4.78 is 19.6. The first kappa shape index (κ1) is 19.8. The highest BCUT2D eigenvalue weighted by Crippen LogP contribution is 2.13. The summed E-state index contributed by atoms with van der Waals surface area (Å²) in [4.78, 5) is 35.5. The number of hydrogen-bond acceptors (Lipinski definition) is 5. The predicted molar refractivity (Wildman–Crippen MR) is 96.4 cm³/mol. The summed E-state index contributed by atoms with van der Waals surface area (Å²) >= 11 is 1.07. The maximum atomic E-state index is 12.9. The van der Waals surface area contributed by atoms with Gasteiger partial charge in [-0.05, 0) is 38.5 Å². The molecule has 0 aliphatic carbocycles. The first-order chi connectivity index (χ1) is 12.3. The average Bonchev–Trinajstić information content (AvgIpc) is 2.91. The number of rotatable bonds is 7. The zero-order chi connectivity index (χ0) is 19.3. The van der Waals surface area contributed by atoms with Gasteiger partial charge in [0.1, 0.15) is 5.82 Å². The summed E-state index contributed by atoms with van der Waals surface area (Å²) in [7, 11) is 0. The first-order valence-electron chi connectivity index (χ1n) is 8.18. The topological polar surface area (TPSA) is 77.4 Å². The number of amides is 1. The van der Waals surface area contributed by atoms with E-state index in [0.29, 0.717) is 0 Å². The Balaban J connectivity index is 1.83. The lowest BCUT2D eigenvalue weighted by Gasteiger charge is -2.18. The molecule has 0 fully saturated rings. The van der Waals surface area contributed by atoms with Gasteiger partial charge in [0.2, 0.25) is 0 Å². The van der Waals surface area contributed by atoms with Crippen molar-refractivity contribution in [3.8, 4) is 0 Å². The maximum Gasteiger partial charge on any atom is 0.308 e. The van der Waals surface area contributed by atoms with Gasteiger partial charge >= 0.3 is 10.8 Å². The molecule has 0 saturated heterocycles. The minimum Gasteiger partial charge on any atom is -0.452 e. The first-order valence-corrected chi connectivity index (χ1v) is 9.06. The molecular weight excluding hydrogens is 359 g/mol. The van der Waals surface area contributed by atoms with Crippen LogP contribution in [0.1, 0.15) is 37.6 Å². The highest BCUT2D eigenvalue weighted by Gasteiger charge is 2.20. The van der Waals surface area contributed by atoms with Crippen molar-refractivity contribution < 1.29 is 18.7 Å². The molecular formula is C18H21FN2O4S. The van der Waals surface area contributed by atoms with Crippen LogP contribution in [-0.2, 0) is 20.9 Å². The van der Waals surface area contributed by atoms with Gasteiger partial charge in [0.25, 0.3) is 5.91 Å². The number of ether oxygens (including phenoxy) is 1. The molecule has 1 N–H and O–H groups in total. The average molecular weight is 380 g/mol. The number of thiazole rings is 1.